The number of benzene rings is 1. The molecule has 0 unspecified atom stereocenters. The Kier molecular flexibility index (Phi) is 5.37. The molecule has 19 heavy (non-hydrogen) atoms. The fourth-order valence-corrected chi connectivity index (χ4v) is 3.10. The molecule has 0 aromatic heterocycles. The lowest BCUT2D eigenvalue weighted by Gasteiger charge is -2.31. The second kappa shape index (κ2) is 6.82. The van der Waals surface area contributed by atoms with Crippen molar-refractivity contribution in [1.29, 1.82) is 0 Å². The third-order valence-electron chi connectivity index (χ3n) is 3.88. The predicted molar refractivity (Wildman–Crippen MR) is 80.7 cm³/mol. The van der Waals surface area contributed by atoms with Crippen LogP contribution in [0.3, 0.4) is 0 Å². The van der Waals surface area contributed by atoms with Gasteiger partial charge < -0.3 is 9.80 Å². The molecule has 1 aromatic carbocycles. The Balaban J connectivity index is 1.87. The van der Waals surface area contributed by atoms with Crippen molar-refractivity contribution < 1.29 is 4.39 Å². The molecule has 0 aliphatic carbocycles. The predicted octanol–water partition coefficient (Wildman–Crippen LogP) is 3.36. The van der Waals surface area contributed by atoms with E-state index in [1.165, 1.54) is 32.0 Å². The minimum Gasteiger partial charge on any atom is -0.306 e. The molecule has 1 fully saturated rings. The van der Waals surface area contributed by atoms with Crippen LogP contribution >= 0.6 is 15.9 Å². The van der Waals surface area contributed by atoms with Crippen molar-refractivity contribution in [1.82, 2.24) is 9.80 Å². The molecule has 0 radical (unpaired) electrons. The second-order valence-corrected chi connectivity index (χ2v) is 6.45. The summed E-state index contributed by atoms with van der Waals surface area (Å²) in [5.41, 5.74) is 1.02. The molecular weight excluding hydrogens is 307 g/mol. The second-order valence-electron chi connectivity index (χ2n) is 5.66. The Morgan fingerprint density at radius 1 is 1.37 bits per heavy atom. The van der Waals surface area contributed by atoms with E-state index in [0.717, 1.165) is 24.6 Å². The molecule has 1 aromatic rings. The van der Waals surface area contributed by atoms with Crippen molar-refractivity contribution in [3.05, 3.63) is 34.1 Å². The molecule has 0 bridgehead atoms. The molecule has 2 rings (SSSR count). The first-order valence-corrected chi connectivity index (χ1v) is 7.65. The van der Waals surface area contributed by atoms with Gasteiger partial charge in [-0.3, -0.25) is 0 Å². The zero-order valence-electron chi connectivity index (χ0n) is 11.7. The van der Waals surface area contributed by atoms with E-state index >= 15 is 0 Å². The van der Waals surface area contributed by atoms with E-state index in [-0.39, 0.29) is 5.82 Å². The van der Waals surface area contributed by atoms with Crippen LogP contribution in [0.5, 0.6) is 0 Å². The molecule has 0 saturated carbocycles. The highest BCUT2D eigenvalue weighted by Crippen LogP contribution is 2.23. The number of nitrogens with zero attached hydrogens (tertiary/aromatic N) is 2. The lowest BCUT2D eigenvalue weighted by molar-refractivity contribution is 0.173. The lowest BCUT2D eigenvalue weighted by Crippen LogP contribution is -2.35. The van der Waals surface area contributed by atoms with E-state index < -0.39 is 0 Å². The molecule has 0 spiro atoms. The molecule has 2 nitrogen and oxygen atoms in total. The molecule has 1 saturated heterocycles. The van der Waals surface area contributed by atoms with Crippen molar-refractivity contribution >= 4 is 15.9 Å². The third kappa shape index (κ3) is 4.26. The lowest BCUT2D eigenvalue weighted by atomic mass is 9.96. The van der Waals surface area contributed by atoms with Crippen molar-refractivity contribution in [3.63, 3.8) is 0 Å². The minimum atomic E-state index is -0.176. The van der Waals surface area contributed by atoms with E-state index in [0.29, 0.717) is 4.47 Å². The van der Waals surface area contributed by atoms with Crippen LogP contribution in [0.2, 0.25) is 0 Å². The topological polar surface area (TPSA) is 6.48 Å². The van der Waals surface area contributed by atoms with Crippen LogP contribution in [0.4, 0.5) is 4.39 Å². The SMILES string of the molecule is CN1CCC(CN(C)Cc2cccc(F)c2Br)CC1. The number of rotatable bonds is 4. The summed E-state index contributed by atoms with van der Waals surface area (Å²) in [6, 6.07) is 5.25. The largest absolute Gasteiger partial charge is 0.306 e. The molecule has 1 aliphatic rings. The number of likely N-dealkylation sites (tertiary alicyclic amines) is 1. The molecule has 106 valence electrons. The smallest absolute Gasteiger partial charge is 0.137 e. The first-order valence-electron chi connectivity index (χ1n) is 6.86. The van der Waals surface area contributed by atoms with Crippen LogP contribution in [-0.4, -0.2) is 43.5 Å². The van der Waals surface area contributed by atoms with Gasteiger partial charge in [-0.1, -0.05) is 12.1 Å². The van der Waals surface area contributed by atoms with Crippen LogP contribution < -0.4 is 0 Å². The van der Waals surface area contributed by atoms with Crippen LogP contribution in [0.25, 0.3) is 0 Å². The maximum atomic E-state index is 13.5. The van der Waals surface area contributed by atoms with Crippen LogP contribution in [0.1, 0.15) is 18.4 Å². The van der Waals surface area contributed by atoms with E-state index in [9.17, 15) is 4.39 Å². The summed E-state index contributed by atoms with van der Waals surface area (Å²) >= 11 is 3.33. The Morgan fingerprint density at radius 2 is 2.05 bits per heavy atom. The van der Waals surface area contributed by atoms with Gasteiger partial charge in [0.25, 0.3) is 0 Å². The number of halogens is 2. The van der Waals surface area contributed by atoms with Gasteiger partial charge in [0.15, 0.2) is 0 Å². The van der Waals surface area contributed by atoms with E-state index in [2.05, 4.69) is 39.8 Å². The Hall–Kier alpha value is -0.450. The molecule has 0 amide bonds. The monoisotopic (exact) mass is 328 g/mol. The molecular formula is C15H22BrFN2. The van der Waals surface area contributed by atoms with E-state index in [1.807, 2.05) is 6.07 Å². The van der Waals surface area contributed by atoms with Gasteiger partial charge in [0.1, 0.15) is 5.82 Å². The van der Waals surface area contributed by atoms with Gasteiger partial charge in [0.2, 0.25) is 0 Å². The zero-order chi connectivity index (χ0) is 13.8. The summed E-state index contributed by atoms with van der Waals surface area (Å²) in [5.74, 6) is 0.596. The molecule has 1 heterocycles. The summed E-state index contributed by atoms with van der Waals surface area (Å²) in [6.07, 6.45) is 2.54. The fraction of sp³-hybridized carbons (Fsp3) is 0.600. The Labute approximate surface area is 123 Å². The third-order valence-corrected chi connectivity index (χ3v) is 4.77. The highest BCUT2D eigenvalue weighted by molar-refractivity contribution is 9.10. The highest BCUT2D eigenvalue weighted by atomic mass is 79.9. The summed E-state index contributed by atoms with van der Waals surface area (Å²) in [6.45, 7) is 4.28. The number of hydrogen-bond donors (Lipinski definition) is 0. The van der Waals surface area contributed by atoms with Gasteiger partial charge in [-0.15, -0.1) is 0 Å². The van der Waals surface area contributed by atoms with Crippen molar-refractivity contribution in [3.8, 4) is 0 Å². The van der Waals surface area contributed by atoms with Crippen molar-refractivity contribution in [2.45, 2.75) is 19.4 Å². The Bertz CT molecular complexity index is 417. The summed E-state index contributed by atoms with van der Waals surface area (Å²) in [5, 5.41) is 0. The fourth-order valence-electron chi connectivity index (χ4n) is 2.71. The zero-order valence-corrected chi connectivity index (χ0v) is 13.3. The van der Waals surface area contributed by atoms with Crippen LogP contribution in [0.15, 0.2) is 22.7 Å². The average Bonchev–Trinajstić information content (AvgIpc) is 2.38. The van der Waals surface area contributed by atoms with Crippen molar-refractivity contribution in [2.75, 3.05) is 33.7 Å². The maximum Gasteiger partial charge on any atom is 0.137 e. The summed E-state index contributed by atoms with van der Waals surface area (Å²) in [4.78, 5) is 4.69. The van der Waals surface area contributed by atoms with Gasteiger partial charge >= 0.3 is 0 Å². The van der Waals surface area contributed by atoms with Crippen LogP contribution in [0, 0.1) is 11.7 Å². The quantitative estimate of drug-likeness (QED) is 0.836. The van der Waals surface area contributed by atoms with E-state index in [4.69, 9.17) is 0 Å². The first-order chi connectivity index (χ1) is 9.06. The maximum absolute atomic E-state index is 13.5. The van der Waals surface area contributed by atoms with Crippen molar-refractivity contribution in [2.24, 2.45) is 5.92 Å². The minimum absolute atomic E-state index is 0.176. The van der Waals surface area contributed by atoms with E-state index in [1.54, 1.807) is 6.07 Å². The number of piperidine rings is 1. The van der Waals surface area contributed by atoms with Gasteiger partial charge in [-0.05, 0) is 73.5 Å². The van der Waals surface area contributed by atoms with Crippen LogP contribution in [-0.2, 0) is 6.54 Å². The van der Waals surface area contributed by atoms with Gasteiger partial charge in [0, 0.05) is 13.1 Å². The molecule has 4 heteroatoms. The summed E-state index contributed by atoms with van der Waals surface area (Å²) in [7, 11) is 4.31. The highest BCUT2D eigenvalue weighted by Gasteiger charge is 2.18. The average molecular weight is 329 g/mol. The van der Waals surface area contributed by atoms with Gasteiger partial charge in [-0.25, -0.2) is 4.39 Å². The number of hydrogen-bond acceptors (Lipinski definition) is 2. The Morgan fingerprint density at radius 3 is 2.74 bits per heavy atom. The molecule has 0 atom stereocenters. The molecule has 0 N–H and O–H groups in total. The van der Waals surface area contributed by atoms with Gasteiger partial charge in [0.05, 0.1) is 4.47 Å². The standard InChI is InChI=1S/C15H22BrFN2/c1-18-8-6-12(7-9-18)10-19(2)11-13-4-3-5-14(17)15(13)16/h3-5,12H,6-11H2,1-2H3. The molecule has 1 aliphatic heterocycles. The summed E-state index contributed by atoms with van der Waals surface area (Å²) < 4.78 is 14.1. The first kappa shape index (κ1) is 14.9. The normalized spacial score (nSPS) is 18.2. The van der Waals surface area contributed by atoms with Gasteiger partial charge in [-0.2, -0.15) is 0 Å².